The van der Waals surface area contributed by atoms with Crippen molar-refractivity contribution in [3.63, 3.8) is 0 Å². The van der Waals surface area contributed by atoms with Crippen LogP contribution in [0.25, 0.3) is 0 Å². The number of rotatable bonds is 4. The van der Waals surface area contributed by atoms with Crippen LogP contribution in [0.15, 0.2) is 53.0 Å². The molecule has 0 spiro atoms. The highest BCUT2D eigenvalue weighted by molar-refractivity contribution is 9.10. The number of halogens is 2. The van der Waals surface area contributed by atoms with Gasteiger partial charge in [0.2, 0.25) is 5.91 Å². The predicted octanol–water partition coefficient (Wildman–Crippen LogP) is 4.53. The molecule has 0 atom stereocenters. The minimum atomic E-state index is -0.329. The van der Waals surface area contributed by atoms with Gasteiger partial charge < -0.3 is 4.90 Å². The summed E-state index contributed by atoms with van der Waals surface area (Å²) in [6.07, 6.45) is 0.399. The Bertz CT molecular complexity index is 601. The topological polar surface area (TPSA) is 20.3 Å². The predicted molar refractivity (Wildman–Crippen MR) is 82.0 cm³/mol. The van der Waals surface area contributed by atoms with Gasteiger partial charge in [-0.15, -0.1) is 0 Å². The molecule has 0 unspecified atom stereocenters. The number of anilines is 1. The maximum Gasteiger partial charge on any atom is 0.227 e. The van der Waals surface area contributed by atoms with Gasteiger partial charge in [0, 0.05) is 10.9 Å². The zero-order chi connectivity index (χ0) is 14.5. The zero-order valence-corrected chi connectivity index (χ0v) is 12.7. The van der Waals surface area contributed by atoms with Crippen LogP contribution in [0.4, 0.5) is 10.1 Å². The van der Waals surface area contributed by atoms with E-state index >= 15 is 0 Å². The lowest BCUT2D eigenvalue weighted by molar-refractivity contribution is -0.118. The molecule has 1 amide bonds. The third-order valence-corrected chi connectivity index (χ3v) is 3.62. The molecule has 2 nitrogen and oxygen atoms in total. The molecule has 0 N–H and O–H groups in total. The lowest BCUT2D eigenvalue weighted by atomic mass is 10.2. The van der Waals surface area contributed by atoms with E-state index in [1.807, 2.05) is 37.3 Å². The molecule has 0 saturated heterocycles. The molecule has 0 fully saturated rings. The molecule has 104 valence electrons. The maximum atomic E-state index is 13.2. The normalized spacial score (nSPS) is 10.3. The van der Waals surface area contributed by atoms with Crippen LogP contribution >= 0.6 is 15.9 Å². The molecular formula is C16H15BrFNO. The average Bonchev–Trinajstić information content (AvgIpc) is 2.46. The molecule has 2 aromatic rings. The average molecular weight is 336 g/mol. The maximum absolute atomic E-state index is 13.2. The third-order valence-electron chi connectivity index (χ3n) is 2.99. The first-order valence-corrected chi connectivity index (χ1v) is 7.20. The fraction of sp³-hybridized carbons (Fsp3) is 0.188. The van der Waals surface area contributed by atoms with Crippen molar-refractivity contribution in [1.82, 2.24) is 0 Å². The fourth-order valence-electron chi connectivity index (χ4n) is 1.96. The molecule has 2 rings (SSSR count). The summed E-state index contributed by atoms with van der Waals surface area (Å²) in [5.74, 6) is -0.328. The summed E-state index contributed by atoms with van der Waals surface area (Å²) < 4.78 is 13.8. The highest BCUT2D eigenvalue weighted by Crippen LogP contribution is 2.28. The summed E-state index contributed by atoms with van der Waals surface area (Å²) in [7, 11) is 0. The largest absolute Gasteiger partial charge is 0.307 e. The standard InChI is InChI=1S/C16H15BrFNO/c1-2-16(20)19(11-12-6-4-3-5-7-12)15-9-8-13(18)10-14(15)17/h3-10H,2,11H2,1H3. The van der Waals surface area contributed by atoms with Crippen molar-refractivity contribution >= 4 is 27.5 Å². The molecule has 0 heterocycles. The van der Waals surface area contributed by atoms with Crippen molar-refractivity contribution in [2.45, 2.75) is 19.9 Å². The first kappa shape index (κ1) is 14.7. The van der Waals surface area contributed by atoms with Gasteiger partial charge in [-0.05, 0) is 39.7 Å². The van der Waals surface area contributed by atoms with E-state index < -0.39 is 0 Å². The van der Waals surface area contributed by atoms with Crippen molar-refractivity contribution in [3.05, 3.63) is 64.4 Å². The van der Waals surface area contributed by atoms with E-state index in [0.717, 1.165) is 5.56 Å². The van der Waals surface area contributed by atoms with E-state index in [-0.39, 0.29) is 11.7 Å². The molecule has 0 aliphatic carbocycles. The number of nitrogens with zero attached hydrogens (tertiary/aromatic N) is 1. The Morgan fingerprint density at radius 1 is 1.20 bits per heavy atom. The van der Waals surface area contributed by atoms with Gasteiger partial charge in [-0.2, -0.15) is 0 Å². The molecule has 0 radical (unpaired) electrons. The van der Waals surface area contributed by atoms with Crippen LogP contribution in [0.2, 0.25) is 0 Å². The summed E-state index contributed by atoms with van der Waals surface area (Å²) >= 11 is 3.32. The van der Waals surface area contributed by atoms with Crippen molar-refractivity contribution in [2.75, 3.05) is 4.90 Å². The van der Waals surface area contributed by atoms with Gasteiger partial charge in [-0.3, -0.25) is 4.79 Å². The second-order valence-electron chi connectivity index (χ2n) is 4.41. The van der Waals surface area contributed by atoms with E-state index in [1.54, 1.807) is 11.0 Å². The van der Waals surface area contributed by atoms with Crippen molar-refractivity contribution in [3.8, 4) is 0 Å². The Morgan fingerprint density at radius 3 is 2.50 bits per heavy atom. The van der Waals surface area contributed by atoms with Gasteiger partial charge in [-0.1, -0.05) is 37.3 Å². The second kappa shape index (κ2) is 6.66. The minimum Gasteiger partial charge on any atom is -0.307 e. The fourth-order valence-corrected chi connectivity index (χ4v) is 2.53. The summed E-state index contributed by atoms with van der Waals surface area (Å²) in [5.41, 5.74) is 1.72. The van der Waals surface area contributed by atoms with Crippen LogP contribution in [-0.4, -0.2) is 5.91 Å². The van der Waals surface area contributed by atoms with Gasteiger partial charge >= 0.3 is 0 Å². The highest BCUT2D eigenvalue weighted by Gasteiger charge is 2.17. The van der Waals surface area contributed by atoms with Crippen molar-refractivity contribution in [1.29, 1.82) is 0 Å². The van der Waals surface area contributed by atoms with Crippen LogP contribution in [0.1, 0.15) is 18.9 Å². The molecular weight excluding hydrogens is 321 g/mol. The molecule has 0 aromatic heterocycles. The summed E-state index contributed by atoms with van der Waals surface area (Å²) in [6.45, 7) is 2.29. The van der Waals surface area contributed by atoms with Crippen molar-refractivity contribution in [2.24, 2.45) is 0 Å². The Labute approximate surface area is 126 Å². The quantitative estimate of drug-likeness (QED) is 0.803. The number of benzene rings is 2. The van der Waals surface area contributed by atoms with Gasteiger partial charge in [0.1, 0.15) is 5.82 Å². The lowest BCUT2D eigenvalue weighted by Crippen LogP contribution is -2.29. The van der Waals surface area contributed by atoms with E-state index in [1.165, 1.54) is 12.1 Å². The molecule has 0 bridgehead atoms. The van der Waals surface area contributed by atoms with Gasteiger partial charge in [0.25, 0.3) is 0 Å². The van der Waals surface area contributed by atoms with Crippen LogP contribution < -0.4 is 4.90 Å². The monoisotopic (exact) mass is 335 g/mol. The smallest absolute Gasteiger partial charge is 0.227 e. The molecule has 0 saturated carbocycles. The Morgan fingerprint density at radius 2 is 1.90 bits per heavy atom. The SMILES string of the molecule is CCC(=O)N(Cc1ccccc1)c1ccc(F)cc1Br. The van der Waals surface area contributed by atoms with Gasteiger partial charge in [-0.25, -0.2) is 4.39 Å². The van der Waals surface area contributed by atoms with Crippen molar-refractivity contribution < 1.29 is 9.18 Å². The second-order valence-corrected chi connectivity index (χ2v) is 5.27. The molecule has 2 aromatic carbocycles. The number of carbonyl (C=O) groups excluding carboxylic acids is 1. The number of hydrogen-bond donors (Lipinski definition) is 0. The Balaban J connectivity index is 2.35. The lowest BCUT2D eigenvalue weighted by Gasteiger charge is -2.23. The molecule has 4 heteroatoms. The van der Waals surface area contributed by atoms with Crippen LogP contribution in [0.3, 0.4) is 0 Å². The van der Waals surface area contributed by atoms with E-state index in [0.29, 0.717) is 23.1 Å². The van der Waals surface area contributed by atoms with Crippen LogP contribution in [0.5, 0.6) is 0 Å². The number of amides is 1. The molecule has 0 aliphatic rings. The molecule has 0 aliphatic heterocycles. The highest BCUT2D eigenvalue weighted by atomic mass is 79.9. The third kappa shape index (κ3) is 3.45. The summed E-state index contributed by atoms with van der Waals surface area (Å²) in [6, 6.07) is 14.1. The summed E-state index contributed by atoms with van der Waals surface area (Å²) in [5, 5.41) is 0. The van der Waals surface area contributed by atoms with Gasteiger partial charge in [0.15, 0.2) is 0 Å². The first-order valence-electron chi connectivity index (χ1n) is 6.41. The summed E-state index contributed by atoms with van der Waals surface area (Å²) in [4.78, 5) is 13.8. The van der Waals surface area contributed by atoms with E-state index in [2.05, 4.69) is 15.9 Å². The van der Waals surface area contributed by atoms with Gasteiger partial charge in [0.05, 0.1) is 12.2 Å². The van der Waals surface area contributed by atoms with E-state index in [9.17, 15) is 9.18 Å². The Kier molecular flexibility index (Phi) is 4.90. The van der Waals surface area contributed by atoms with Crippen LogP contribution in [0, 0.1) is 5.82 Å². The minimum absolute atomic E-state index is 0.00108. The van der Waals surface area contributed by atoms with Crippen LogP contribution in [-0.2, 0) is 11.3 Å². The first-order chi connectivity index (χ1) is 9.61. The zero-order valence-electron chi connectivity index (χ0n) is 11.1. The number of carbonyl (C=O) groups is 1. The Hall–Kier alpha value is -1.68. The molecule has 20 heavy (non-hydrogen) atoms. The number of hydrogen-bond acceptors (Lipinski definition) is 1. The van der Waals surface area contributed by atoms with E-state index in [4.69, 9.17) is 0 Å².